The number of aliphatic hydroxyl groups is 8. The largest absolute Gasteiger partial charge is 0.394 e. The van der Waals surface area contributed by atoms with Gasteiger partial charge in [-0.3, -0.25) is 4.79 Å². The lowest BCUT2D eigenvalue weighted by molar-refractivity contribution is -0.359. The molecule has 0 spiro atoms. The zero-order chi connectivity index (χ0) is 60.9. The maximum Gasteiger partial charge on any atom is 0.220 e. The molecule has 12 atom stereocenters. The summed E-state index contributed by atoms with van der Waals surface area (Å²) in [5.41, 5.74) is 0. The smallest absolute Gasteiger partial charge is 0.220 e. The Labute approximate surface area is 514 Å². The van der Waals surface area contributed by atoms with Crippen LogP contribution >= 0.6 is 0 Å². The highest BCUT2D eigenvalue weighted by atomic mass is 16.7. The van der Waals surface area contributed by atoms with E-state index in [2.05, 4.69) is 19.2 Å². The van der Waals surface area contributed by atoms with Crippen LogP contribution in [0.15, 0.2) is 12.2 Å². The van der Waals surface area contributed by atoms with Crippen LogP contribution in [0.1, 0.15) is 335 Å². The molecule has 1 amide bonds. The molecule has 0 saturated carbocycles. The van der Waals surface area contributed by atoms with E-state index < -0.39 is 86.8 Å². The van der Waals surface area contributed by atoms with Gasteiger partial charge in [-0.05, 0) is 19.3 Å². The van der Waals surface area contributed by atoms with Crippen LogP contribution in [-0.2, 0) is 23.7 Å². The molecule has 14 heteroatoms. The summed E-state index contributed by atoms with van der Waals surface area (Å²) in [6.07, 6.45) is 51.3. The molecule has 0 radical (unpaired) electrons. The van der Waals surface area contributed by atoms with E-state index in [9.17, 15) is 45.6 Å². The minimum Gasteiger partial charge on any atom is -0.394 e. The maximum absolute atomic E-state index is 13.3. The molecule has 498 valence electrons. The Balaban J connectivity index is 1.67. The number of hydrogen-bond donors (Lipinski definition) is 9. The highest BCUT2D eigenvalue weighted by molar-refractivity contribution is 5.76. The molecule has 2 aliphatic heterocycles. The first-order chi connectivity index (χ1) is 41.1. The lowest BCUT2D eigenvalue weighted by atomic mass is 9.97. The normalized spacial score (nSPS) is 23.6. The van der Waals surface area contributed by atoms with Crippen LogP contribution in [0.5, 0.6) is 0 Å². The van der Waals surface area contributed by atoms with Crippen LogP contribution in [0.25, 0.3) is 0 Å². The Hall–Kier alpha value is -1.27. The third-order valence-corrected chi connectivity index (χ3v) is 18.0. The van der Waals surface area contributed by atoms with E-state index in [1.165, 1.54) is 270 Å². The van der Waals surface area contributed by atoms with Crippen LogP contribution in [0.3, 0.4) is 0 Å². The van der Waals surface area contributed by atoms with Gasteiger partial charge in [-0.2, -0.15) is 0 Å². The molecule has 0 bridgehead atoms. The number of hydrogen-bond acceptors (Lipinski definition) is 13. The first kappa shape index (κ1) is 78.8. The van der Waals surface area contributed by atoms with Crippen molar-refractivity contribution in [3.8, 4) is 0 Å². The van der Waals surface area contributed by atoms with Crippen molar-refractivity contribution in [2.45, 2.75) is 408 Å². The van der Waals surface area contributed by atoms with Crippen molar-refractivity contribution in [3.05, 3.63) is 12.2 Å². The van der Waals surface area contributed by atoms with Crippen molar-refractivity contribution < 1.29 is 64.6 Å². The molecule has 14 nitrogen and oxygen atoms in total. The van der Waals surface area contributed by atoms with E-state index in [1.807, 2.05) is 6.08 Å². The Morgan fingerprint density at radius 3 is 1.10 bits per heavy atom. The van der Waals surface area contributed by atoms with Crippen LogP contribution < -0.4 is 5.32 Å². The summed E-state index contributed by atoms with van der Waals surface area (Å²) in [5, 5.41) is 87.5. The van der Waals surface area contributed by atoms with Gasteiger partial charge in [-0.1, -0.05) is 321 Å². The van der Waals surface area contributed by atoms with E-state index in [4.69, 9.17) is 18.9 Å². The summed E-state index contributed by atoms with van der Waals surface area (Å²) in [5.74, 6) is -0.230. The second kappa shape index (κ2) is 55.8. The number of amides is 1. The van der Waals surface area contributed by atoms with Gasteiger partial charge in [-0.25, -0.2) is 0 Å². The molecule has 2 aliphatic rings. The van der Waals surface area contributed by atoms with Crippen molar-refractivity contribution >= 4 is 5.91 Å². The first-order valence-electron chi connectivity index (χ1n) is 35.9. The fourth-order valence-corrected chi connectivity index (χ4v) is 12.2. The van der Waals surface area contributed by atoms with E-state index >= 15 is 0 Å². The molecule has 2 heterocycles. The van der Waals surface area contributed by atoms with Crippen LogP contribution in [0.4, 0.5) is 0 Å². The standard InChI is InChI=1S/C70H135NO13/c1-3-5-7-9-11-13-15-17-19-21-23-25-27-29-30-32-34-36-38-40-42-44-46-48-50-52-54-62(75)71-58(57-81-69-67(80)65(78)68(61(56-73)83-69)84-70-66(79)64(77)63(76)60(55-72)82-70)59(74)53-51-49-47-45-43-41-39-37-35-33-31-28-26-24-22-20-18-16-14-12-10-8-6-4-2/h51,53,58-61,63-70,72-74,76-80H,3-50,52,54-57H2,1-2H3,(H,71,75)/b53-51+. The molecular formula is C70H135NO13. The van der Waals surface area contributed by atoms with Gasteiger partial charge in [0.25, 0.3) is 0 Å². The highest BCUT2D eigenvalue weighted by Crippen LogP contribution is 2.30. The van der Waals surface area contributed by atoms with Crippen molar-refractivity contribution in [2.75, 3.05) is 19.8 Å². The van der Waals surface area contributed by atoms with E-state index in [0.717, 1.165) is 44.9 Å². The minimum absolute atomic E-state index is 0.230. The summed E-state index contributed by atoms with van der Waals surface area (Å²) in [7, 11) is 0. The van der Waals surface area contributed by atoms with Gasteiger partial charge < -0.3 is 65.1 Å². The molecule has 0 aromatic heterocycles. The van der Waals surface area contributed by atoms with E-state index in [1.54, 1.807) is 6.08 Å². The van der Waals surface area contributed by atoms with Crippen molar-refractivity contribution in [2.24, 2.45) is 0 Å². The molecule has 2 saturated heterocycles. The van der Waals surface area contributed by atoms with Gasteiger partial charge in [-0.15, -0.1) is 0 Å². The van der Waals surface area contributed by atoms with Gasteiger partial charge in [0.15, 0.2) is 12.6 Å². The molecule has 84 heavy (non-hydrogen) atoms. The van der Waals surface area contributed by atoms with Crippen LogP contribution in [0.2, 0.25) is 0 Å². The van der Waals surface area contributed by atoms with Crippen molar-refractivity contribution in [1.82, 2.24) is 5.32 Å². The third-order valence-electron chi connectivity index (χ3n) is 18.0. The molecule has 0 aromatic carbocycles. The van der Waals surface area contributed by atoms with E-state index in [-0.39, 0.29) is 18.9 Å². The number of aliphatic hydroxyl groups excluding tert-OH is 8. The zero-order valence-electron chi connectivity index (χ0n) is 54.2. The van der Waals surface area contributed by atoms with Gasteiger partial charge in [0.1, 0.15) is 48.8 Å². The fraction of sp³-hybridized carbons (Fsp3) is 0.957. The molecule has 12 unspecified atom stereocenters. The predicted octanol–water partition coefficient (Wildman–Crippen LogP) is 14.6. The Kier molecular flexibility index (Phi) is 52.3. The number of carbonyl (C=O) groups is 1. The molecule has 2 rings (SSSR count). The summed E-state index contributed by atoms with van der Waals surface area (Å²) >= 11 is 0. The van der Waals surface area contributed by atoms with Crippen LogP contribution in [-0.4, -0.2) is 140 Å². The molecule has 0 aromatic rings. The molecule has 2 fully saturated rings. The highest BCUT2D eigenvalue weighted by Gasteiger charge is 2.51. The number of allylic oxidation sites excluding steroid dienone is 1. The van der Waals surface area contributed by atoms with Crippen LogP contribution in [0, 0.1) is 0 Å². The average Bonchev–Trinajstić information content (AvgIpc) is 3.62. The first-order valence-corrected chi connectivity index (χ1v) is 35.9. The van der Waals surface area contributed by atoms with E-state index in [0.29, 0.717) is 0 Å². The van der Waals surface area contributed by atoms with Gasteiger partial charge >= 0.3 is 0 Å². The maximum atomic E-state index is 13.3. The average molecular weight is 1200 g/mol. The molecule has 0 aliphatic carbocycles. The SMILES string of the molecule is CCCCCCCCCCCCCCCCCCCCCCCC/C=C/C(O)C(COC1OC(CO)C(OC2OC(CO)C(O)C(O)C2O)C(O)C1O)NC(=O)CCCCCCCCCCCCCCCCCCCCCCCCCCCC. The van der Waals surface area contributed by atoms with Gasteiger partial charge in [0.05, 0.1) is 32.0 Å². The summed E-state index contributed by atoms with van der Waals surface area (Å²) in [4.78, 5) is 13.3. The lowest BCUT2D eigenvalue weighted by Gasteiger charge is -2.46. The third kappa shape index (κ3) is 39.7. The number of nitrogens with one attached hydrogen (secondary N) is 1. The number of unbranched alkanes of at least 4 members (excludes halogenated alkanes) is 47. The quantitative estimate of drug-likeness (QED) is 0.0204. The second-order valence-corrected chi connectivity index (χ2v) is 25.7. The minimum atomic E-state index is -1.79. The number of ether oxygens (including phenoxy) is 4. The van der Waals surface area contributed by atoms with Crippen molar-refractivity contribution in [3.63, 3.8) is 0 Å². The van der Waals surface area contributed by atoms with Gasteiger partial charge in [0, 0.05) is 6.42 Å². The lowest BCUT2D eigenvalue weighted by Crippen LogP contribution is -2.65. The molecular weight excluding hydrogens is 1060 g/mol. The fourth-order valence-electron chi connectivity index (χ4n) is 12.2. The Bertz CT molecular complexity index is 1460. The topological polar surface area (TPSA) is 228 Å². The monoisotopic (exact) mass is 1200 g/mol. The Morgan fingerprint density at radius 1 is 0.417 bits per heavy atom. The molecule has 9 N–H and O–H groups in total. The van der Waals surface area contributed by atoms with Crippen molar-refractivity contribution in [1.29, 1.82) is 0 Å². The Morgan fingerprint density at radius 2 is 0.738 bits per heavy atom. The van der Waals surface area contributed by atoms with Gasteiger partial charge in [0.2, 0.25) is 5.91 Å². The number of rotatable bonds is 60. The summed E-state index contributed by atoms with van der Waals surface area (Å²) in [6.45, 7) is 2.87. The summed E-state index contributed by atoms with van der Waals surface area (Å²) in [6, 6.07) is -0.911. The number of carbonyl (C=O) groups excluding carboxylic acids is 1. The predicted molar refractivity (Wildman–Crippen MR) is 342 cm³/mol. The second-order valence-electron chi connectivity index (χ2n) is 25.7. The zero-order valence-corrected chi connectivity index (χ0v) is 54.2. The summed E-state index contributed by atoms with van der Waals surface area (Å²) < 4.78 is 22.9.